The zero-order valence-corrected chi connectivity index (χ0v) is 40.7. The van der Waals surface area contributed by atoms with Gasteiger partial charge in [-0.1, -0.05) is 154 Å². The van der Waals surface area contributed by atoms with Crippen molar-refractivity contribution in [1.82, 2.24) is 14.5 Å². The molecule has 6 heteroatoms. The van der Waals surface area contributed by atoms with Gasteiger partial charge in [-0.3, -0.25) is 4.98 Å². The largest absolute Gasteiger partial charge is 0.501 e. The van der Waals surface area contributed by atoms with Crippen LogP contribution in [0.2, 0.25) is 19.6 Å². The quantitative estimate of drug-likeness (QED) is 0.113. The molecule has 0 aliphatic rings. The maximum absolute atomic E-state index is 7.23. The van der Waals surface area contributed by atoms with Crippen LogP contribution in [0.15, 0.2) is 168 Å². The van der Waals surface area contributed by atoms with E-state index in [2.05, 4.69) is 178 Å². The Morgan fingerprint density at radius 2 is 1.33 bits per heavy atom. The number of benzene rings is 7. The second kappa shape index (κ2) is 18.5. The van der Waals surface area contributed by atoms with E-state index in [1.807, 2.05) is 30.3 Å². The fourth-order valence-corrected chi connectivity index (χ4v) is 9.56. The first kappa shape index (κ1) is 40.6. The van der Waals surface area contributed by atoms with Gasteiger partial charge in [0.2, 0.25) is 0 Å². The molecule has 10 aromatic rings. The molecular weight excluding hydrogens is 975 g/mol. The van der Waals surface area contributed by atoms with Crippen molar-refractivity contribution in [2.45, 2.75) is 66.0 Å². The van der Waals surface area contributed by atoms with E-state index < -0.39 is 14.9 Å². The Kier molecular flexibility index (Phi) is 11.7. The average molecular weight is 1030 g/mol. The van der Waals surface area contributed by atoms with E-state index in [4.69, 9.17) is 13.5 Å². The molecule has 3 heterocycles. The van der Waals surface area contributed by atoms with Crippen molar-refractivity contribution in [2.24, 2.45) is 0 Å². The number of imidazole rings is 1. The third-order valence-corrected chi connectivity index (χ3v) is 13.9. The van der Waals surface area contributed by atoms with E-state index in [-0.39, 0.29) is 37.5 Å². The van der Waals surface area contributed by atoms with E-state index in [0.29, 0.717) is 0 Å². The van der Waals surface area contributed by atoms with Gasteiger partial charge in [0.25, 0.3) is 0 Å². The van der Waals surface area contributed by atoms with Crippen LogP contribution in [0, 0.1) is 19.0 Å². The van der Waals surface area contributed by atoms with Gasteiger partial charge in [0, 0.05) is 41.5 Å². The molecule has 10 rings (SSSR count). The van der Waals surface area contributed by atoms with Gasteiger partial charge in [0.15, 0.2) is 0 Å². The molecule has 7 aromatic carbocycles. The molecule has 0 saturated heterocycles. The summed E-state index contributed by atoms with van der Waals surface area (Å²) in [5.74, 6) is 1.40. The molecular formula is C58H53IrN3OSi-2. The Morgan fingerprint density at radius 1 is 0.641 bits per heavy atom. The first-order valence-electron chi connectivity index (χ1n) is 23.3. The molecule has 0 bridgehead atoms. The van der Waals surface area contributed by atoms with Gasteiger partial charge >= 0.3 is 0 Å². The molecule has 321 valence electrons. The predicted octanol–water partition coefficient (Wildman–Crippen LogP) is 15.4. The van der Waals surface area contributed by atoms with Crippen molar-refractivity contribution < 1.29 is 28.6 Å². The monoisotopic (exact) mass is 1030 g/mol. The first-order valence-corrected chi connectivity index (χ1v) is 25.3. The molecule has 0 unspecified atom stereocenters. The number of para-hydroxylation sites is 2. The summed E-state index contributed by atoms with van der Waals surface area (Å²) in [6.07, 6.45) is 1.39. The molecule has 0 atom stereocenters. The number of furan rings is 1. The van der Waals surface area contributed by atoms with E-state index in [0.717, 1.165) is 61.2 Å². The van der Waals surface area contributed by atoms with Gasteiger partial charge in [-0.25, -0.2) is 0 Å². The third kappa shape index (κ3) is 8.83. The molecule has 0 fully saturated rings. The second-order valence-corrected chi connectivity index (χ2v) is 23.0. The van der Waals surface area contributed by atoms with Crippen molar-refractivity contribution in [2.75, 3.05) is 0 Å². The maximum Gasteiger partial charge on any atom is 0.121 e. The SMILES string of the molecule is CC(C)c1cc(-c2ccc([Si](C)(C)C)cc2)cc(C(C)C)c1-n1c(-c2[c-]ccc3c2oc2cc(-c4ccccc4)ccc23)nc2ccccc21.[2H]C([2H])([2H])c1ccc(-c2[c-]cccc2)nc1.[Ir]. The fourth-order valence-electron chi connectivity index (χ4n) is 8.39. The number of aryl methyl sites for hydroxylation is 1. The van der Waals surface area contributed by atoms with Crippen LogP contribution in [0.3, 0.4) is 0 Å². The predicted molar refractivity (Wildman–Crippen MR) is 268 cm³/mol. The molecule has 3 aromatic heterocycles. The molecule has 4 nitrogen and oxygen atoms in total. The second-order valence-electron chi connectivity index (χ2n) is 17.9. The number of rotatable bonds is 8. The van der Waals surface area contributed by atoms with Gasteiger partial charge in [0.05, 0.1) is 30.5 Å². The van der Waals surface area contributed by atoms with Crippen LogP contribution in [-0.4, -0.2) is 22.6 Å². The number of hydrogen-bond donors (Lipinski definition) is 0. The van der Waals surface area contributed by atoms with Crippen LogP contribution >= 0.6 is 0 Å². The molecule has 0 spiro atoms. The summed E-state index contributed by atoms with van der Waals surface area (Å²) in [4.78, 5) is 9.46. The molecule has 0 aliphatic heterocycles. The molecule has 0 aliphatic carbocycles. The van der Waals surface area contributed by atoms with E-state index in [1.54, 1.807) is 18.2 Å². The smallest absolute Gasteiger partial charge is 0.121 e. The minimum Gasteiger partial charge on any atom is -0.501 e. The zero-order chi connectivity index (χ0) is 46.3. The average Bonchev–Trinajstić information content (AvgIpc) is 3.90. The van der Waals surface area contributed by atoms with E-state index in [1.165, 1.54) is 44.9 Å². The van der Waals surface area contributed by atoms with Crippen LogP contribution in [0.1, 0.15) is 60.3 Å². The Hall–Kier alpha value is -6.17. The Morgan fingerprint density at radius 3 is 1.98 bits per heavy atom. The summed E-state index contributed by atoms with van der Waals surface area (Å²) < 4.78 is 30.9. The van der Waals surface area contributed by atoms with Gasteiger partial charge in [-0.05, 0) is 93.7 Å². The summed E-state index contributed by atoms with van der Waals surface area (Å²) >= 11 is 0. The Labute approximate surface area is 396 Å². The van der Waals surface area contributed by atoms with Gasteiger partial charge in [0.1, 0.15) is 5.58 Å². The molecule has 0 saturated carbocycles. The van der Waals surface area contributed by atoms with Crippen molar-refractivity contribution >= 4 is 46.2 Å². The van der Waals surface area contributed by atoms with Gasteiger partial charge in [-0.2, -0.15) is 0 Å². The standard InChI is InChI=1S/C46H43N2OSi.C12H10N.Ir/c1-29(2)39-26-34(32-20-23-35(24-21-32)50(5,6)7)27-40(30(3)4)44(39)48-42-19-12-11-18-41(42)47-46(48)38-17-13-16-37-36-25-22-33(28-43(36)49-45(37)38)31-14-9-8-10-15-31;1-10-7-8-12(13-9-10)11-5-3-2-4-6-11;/h8-16,18-30H,1-7H3;2-5,7-9H,1H3;/q2*-1;/i;1D3;. The Bertz CT molecular complexity index is 3290. The Balaban J connectivity index is 0.000000303. The minimum absolute atomic E-state index is 0. The molecule has 0 amide bonds. The normalized spacial score (nSPS) is 12.5. The first-order chi connectivity index (χ1) is 31.7. The maximum atomic E-state index is 7.23. The van der Waals surface area contributed by atoms with Gasteiger partial charge in [-0.15, -0.1) is 54.1 Å². The fraction of sp³-hybridized carbons (Fsp3) is 0.172. The topological polar surface area (TPSA) is 43.9 Å². The number of pyridine rings is 1. The van der Waals surface area contributed by atoms with Crippen LogP contribution in [0.5, 0.6) is 0 Å². The van der Waals surface area contributed by atoms with Crippen LogP contribution < -0.4 is 5.19 Å². The molecule has 64 heavy (non-hydrogen) atoms. The molecule has 1 radical (unpaired) electrons. The van der Waals surface area contributed by atoms with Crippen molar-refractivity contribution in [3.05, 3.63) is 193 Å². The summed E-state index contributed by atoms with van der Waals surface area (Å²) in [7, 11) is -1.40. The van der Waals surface area contributed by atoms with Crippen molar-refractivity contribution in [1.29, 1.82) is 0 Å². The number of aromatic nitrogens is 3. The summed E-state index contributed by atoms with van der Waals surface area (Å²) in [6.45, 7) is 14.3. The van der Waals surface area contributed by atoms with E-state index in [9.17, 15) is 0 Å². The summed E-state index contributed by atoms with van der Waals surface area (Å²) in [5, 5.41) is 3.64. The van der Waals surface area contributed by atoms with Crippen LogP contribution in [-0.2, 0) is 20.1 Å². The summed E-state index contributed by atoms with van der Waals surface area (Å²) in [5.41, 5.74) is 15.0. The van der Waals surface area contributed by atoms with Crippen molar-refractivity contribution in [3.8, 4) is 50.6 Å². The molecule has 0 N–H and O–H groups in total. The number of fused-ring (bicyclic) bond motifs is 4. The summed E-state index contributed by atoms with van der Waals surface area (Å²) in [6, 6.07) is 61.1. The van der Waals surface area contributed by atoms with Crippen LogP contribution in [0.25, 0.3) is 83.6 Å². The van der Waals surface area contributed by atoms with E-state index >= 15 is 0 Å². The third-order valence-electron chi connectivity index (χ3n) is 11.8. The number of nitrogens with zero attached hydrogens (tertiary/aromatic N) is 3. The van der Waals surface area contributed by atoms with Crippen molar-refractivity contribution in [3.63, 3.8) is 0 Å². The minimum atomic E-state index is -2.09. The van der Waals surface area contributed by atoms with Gasteiger partial charge < -0.3 is 14.0 Å². The number of hydrogen-bond acceptors (Lipinski definition) is 3. The van der Waals surface area contributed by atoms with Crippen LogP contribution in [0.4, 0.5) is 0 Å². The zero-order valence-electron chi connectivity index (χ0n) is 40.3.